The second kappa shape index (κ2) is 13.4. The Morgan fingerprint density at radius 2 is 2.00 bits per heavy atom. The first-order chi connectivity index (χ1) is 13.5. The van der Waals surface area contributed by atoms with Crippen LogP contribution in [0, 0.1) is 18.7 Å². The van der Waals surface area contributed by atoms with E-state index >= 15 is 0 Å². The second-order valence-electron chi connectivity index (χ2n) is 6.42. The number of benzene rings is 1. The molecule has 1 aliphatic rings. The minimum absolute atomic E-state index is 0.203. The first-order valence-electron chi connectivity index (χ1n) is 8.98. The summed E-state index contributed by atoms with van der Waals surface area (Å²) in [6, 6.07) is 3.84. The third-order valence-corrected chi connectivity index (χ3v) is 5.60. The minimum Gasteiger partial charge on any atom is -0.383 e. The van der Waals surface area contributed by atoms with Gasteiger partial charge in [0.1, 0.15) is 12.6 Å². The Hall–Kier alpha value is -1.74. The summed E-state index contributed by atoms with van der Waals surface area (Å²) in [6.45, 7) is 4.60. The summed E-state index contributed by atoms with van der Waals surface area (Å²) in [5, 5.41) is 17.6. The average Bonchev–Trinajstić information content (AvgIpc) is 3.26. The Morgan fingerprint density at radius 1 is 1.32 bits per heavy atom. The quantitative estimate of drug-likeness (QED) is 0.513. The Bertz CT molecular complexity index is 683. The molecule has 1 aliphatic carbocycles. The highest BCUT2D eigenvalue weighted by molar-refractivity contribution is 7.13. The number of anilines is 2. The van der Waals surface area contributed by atoms with Gasteiger partial charge in [0.15, 0.2) is 0 Å². The molecule has 6 nitrogen and oxygen atoms in total. The van der Waals surface area contributed by atoms with Crippen LogP contribution < -0.4 is 16.1 Å². The average molecular weight is 431 g/mol. The first kappa shape index (κ1) is 24.3. The van der Waals surface area contributed by atoms with Gasteiger partial charge in [0.25, 0.3) is 0 Å². The molecule has 0 saturated heterocycles. The van der Waals surface area contributed by atoms with Crippen LogP contribution in [-0.2, 0) is 4.79 Å². The largest absolute Gasteiger partial charge is 0.383 e. The molecule has 0 spiro atoms. The van der Waals surface area contributed by atoms with Crippen LogP contribution in [0.1, 0.15) is 31.2 Å². The number of carbonyl (C=O) groups excluding carboxylic acids is 1. The summed E-state index contributed by atoms with van der Waals surface area (Å²) in [5.74, 6) is 0.454. The molecule has 0 atom stereocenters. The normalized spacial score (nSPS) is 18.2. The number of nitrogens with one attached hydrogen (secondary N) is 3. The van der Waals surface area contributed by atoms with E-state index in [-0.39, 0.29) is 5.82 Å². The lowest BCUT2D eigenvalue weighted by Crippen LogP contribution is -2.32. The van der Waals surface area contributed by atoms with Crippen molar-refractivity contribution in [1.29, 1.82) is 0 Å². The third kappa shape index (κ3) is 8.10. The van der Waals surface area contributed by atoms with Crippen LogP contribution in [0.4, 0.5) is 15.2 Å². The molecule has 1 fully saturated rings. The van der Waals surface area contributed by atoms with Gasteiger partial charge in [-0.3, -0.25) is 5.21 Å². The predicted octanol–water partition coefficient (Wildman–Crippen LogP) is 4.74. The smallest absolute Gasteiger partial charge is 0.206 e. The zero-order valence-corrected chi connectivity index (χ0v) is 17.7. The number of carbonyl (C=O) groups is 1. The third-order valence-electron chi connectivity index (χ3n) is 4.61. The van der Waals surface area contributed by atoms with Crippen LogP contribution >= 0.6 is 22.9 Å². The topological polar surface area (TPSA) is 86.3 Å². The Labute approximate surface area is 174 Å². The zero-order chi connectivity index (χ0) is 20.9. The van der Waals surface area contributed by atoms with Gasteiger partial charge < -0.3 is 15.4 Å². The summed E-state index contributed by atoms with van der Waals surface area (Å²) in [6.07, 6.45) is 6.48. The van der Waals surface area contributed by atoms with E-state index in [4.69, 9.17) is 21.6 Å². The predicted molar refractivity (Wildman–Crippen MR) is 114 cm³/mol. The number of halogens is 2. The maximum atomic E-state index is 13.5. The molecule has 1 aromatic carbocycles. The molecule has 1 aromatic heterocycles. The number of thiazole rings is 1. The standard InChI is InChI=1S/C15H22ClFN2.C3H4N2OS.CH2O/c1-10-7-13(16)15(8-14(10)17)19-9-11-3-5-12(18-2)6-4-11;6-5-3-4-1-2-7-3;1-2/h7-8,11-12,18-19H,3-6,9H2,1-2H3;1-2,6H,(H,4,5);1H2. The Morgan fingerprint density at radius 3 is 2.50 bits per heavy atom. The van der Waals surface area contributed by atoms with E-state index in [1.807, 2.05) is 19.3 Å². The van der Waals surface area contributed by atoms with Gasteiger partial charge in [-0.1, -0.05) is 11.6 Å². The molecule has 1 heterocycles. The van der Waals surface area contributed by atoms with Gasteiger partial charge in [-0.15, -0.1) is 11.3 Å². The van der Waals surface area contributed by atoms with Gasteiger partial charge in [-0.2, -0.15) is 0 Å². The van der Waals surface area contributed by atoms with E-state index < -0.39 is 0 Å². The van der Waals surface area contributed by atoms with Crippen molar-refractivity contribution < 1.29 is 14.4 Å². The van der Waals surface area contributed by atoms with Gasteiger partial charge in [-0.05, 0) is 63.3 Å². The lowest BCUT2D eigenvalue weighted by molar-refractivity contribution is -0.0979. The first-order valence-corrected chi connectivity index (χ1v) is 10.2. The Balaban J connectivity index is 0.000000363. The molecule has 0 aliphatic heterocycles. The minimum atomic E-state index is -0.203. The maximum absolute atomic E-state index is 13.5. The fraction of sp³-hybridized carbons (Fsp3) is 0.474. The second-order valence-corrected chi connectivity index (χ2v) is 7.72. The Kier molecular flexibility index (Phi) is 11.7. The maximum Gasteiger partial charge on any atom is 0.206 e. The van der Waals surface area contributed by atoms with Gasteiger partial charge in [0.2, 0.25) is 5.13 Å². The summed E-state index contributed by atoms with van der Waals surface area (Å²) < 4.78 is 13.5. The molecule has 3 rings (SSSR count). The molecule has 0 unspecified atom stereocenters. The van der Waals surface area contributed by atoms with Crippen molar-refractivity contribution in [2.75, 3.05) is 24.4 Å². The van der Waals surface area contributed by atoms with Gasteiger partial charge >= 0.3 is 0 Å². The lowest BCUT2D eigenvalue weighted by atomic mass is 9.86. The molecule has 1 saturated carbocycles. The van der Waals surface area contributed by atoms with Crippen LogP contribution in [0.15, 0.2) is 23.7 Å². The summed E-state index contributed by atoms with van der Waals surface area (Å²) in [5.41, 5.74) is 3.21. The van der Waals surface area contributed by atoms with Crippen molar-refractivity contribution in [2.24, 2.45) is 5.92 Å². The number of hydrogen-bond donors (Lipinski definition) is 4. The van der Waals surface area contributed by atoms with Crippen LogP contribution in [0.5, 0.6) is 0 Å². The number of aryl methyl sites for hydroxylation is 1. The van der Waals surface area contributed by atoms with Crippen molar-refractivity contribution in [3.05, 3.63) is 40.1 Å². The van der Waals surface area contributed by atoms with Crippen molar-refractivity contribution in [2.45, 2.75) is 38.6 Å². The van der Waals surface area contributed by atoms with E-state index in [0.29, 0.717) is 33.4 Å². The van der Waals surface area contributed by atoms with E-state index in [1.54, 1.807) is 24.6 Å². The summed E-state index contributed by atoms with van der Waals surface area (Å²) in [4.78, 5) is 11.7. The molecule has 28 heavy (non-hydrogen) atoms. The fourth-order valence-electron chi connectivity index (χ4n) is 2.97. The van der Waals surface area contributed by atoms with Crippen LogP contribution in [-0.4, -0.2) is 36.6 Å². The highest BCUT2D eigenvalue weighted by atomic mass is 35.5. The fourth-order valence-corrected chi connectivity index (χ4v) is 3.68. The summed E-state index contributed by atoms with van der Waals surface area (Å²) >= 11 is 7.48. The van der Waals surface area contributed by atoms with E-state index in [9.17, 15) is 4.39 Å². The van der Waals surface area contributed by atoms with Crippen molar-refractivity contribution >= 4 is 40.5 Å². The lowest BCUT2D eigenvalue weighted by Gasteiger charge is -2.28. The van der Waals surface area contributed by atoms with Crippen molar-refractivity contribution in [3.8, 4) is 0 Å². The number of hydrogen-bond acceptors (Lipinski definition) is 7. The number of aromatic nitrogens is 1. The molecular weight excluding hydrogens is 403 g/mol. The van der Waals surface area contributed by atoms with Crippen LogP contribution in [0.2, 0.25) is 5.02 Å². The van der Waals surface area contributed by atoms with Gasteiger partial charge in [-0.25, -0.2) is 14.9 Å². The number of rotatable bonds is 5. The summed E-state index contributed by atoms with van der Waals surface area (Å²) in [7, 11) is 2.03. The van der Waals surface area contributed by atoms with Crippen molar-refractivity contribution in [3.63, 3.8) is 0 Å². The molecule has 0 amide bonds. The molecule has 9 heteroatoms. The molecule has 156 valence electrons. The highest BCUT2D eigenvalue weighted by Crippen LogP contribution is 2.28. The molecule has 0 radical (unpaired) electrons. The van der Waals surface area contributed by atoms with Gasteiger partial charge in [0.05, 0.1) is 10.7 Å². The molecular formula is C19H28ClFN4O2S. The SMILES string of the molecule is C=O.CNC1CCC(CNc2cc(F)c(C)cc2Cl)CC1.ONc1nccs1. The van der Waals surface area contributed by atoms with Crippen molar-refractivity contribution in [1.82, 2.24) is 10.3 Å². The van der Waals surface area contributed by atoms with Gasteiger partial charge in [0, 0.05) is 24.2 Å². The molecule has 2 aromatic rings. The van der Waals surface area contributed by atoms with E-state index in [2.05, 4.69) is 15.6 Å². The number of nitrogens with zero attached hydrogens (tertiary/aromatic N) is 1. The van der Waals surface area contributed by atoms with E-state index in [1.165, 1.54) is 43.1 Å². The molecule has 4 N–H and O–H groups in total. The zero-order valence-electron chi connectivity index (χ0n) is 16.2. The monoisotopic (exact) mass is 430 g/mol. The van der Waals surface area contributed by atoms with Crippen LogP contribution in [0.3, 0.4) is 0 Å². The molecule has 0 bridgehead atoms. The highest BCUT2D eigenvalue weighted by Gasteiger charge is 2.20. The van der Waals surface area contributed by atoms with E-state index in [0.717, 1.165) is 6.54 Å². The van der Waals surface area contributed by atoms with Crippen LogP contribution in [0.25, 0.3) is 0 Å².